The molecule has 0 saturated heterocycles. The number of amides is 4. The first-order valence-corrected chi connectivity index (χ1v) is 7.71. The number of hydrogen-bond donors (Lipinski definition) is 4. The quantitative estimate of drug-likeness (QED) is 0.534. The van der Waals surface area contributed by atoms with Gasteiger partial charge >= 0.3 is 6.03 Å². The largest absolute Gasteiger partial charge is 0.355 e. The summed E-state index contributed by atoms with van der Waals surface area (Å²) in [6, 6.07) is 9.20. The molecule has 0 atom stereocenters. The van der Waals surface area contributed by atoms with Crippen molar-refractivity contribution in [2.75, 3.05) is 19.6 Å². The molecular weight excluding hydrogens is 296 g/mol. The summed E-state index contributed by atoms with van der Waals surface area (Å²) in [6.07, 6.45) is 0.974. The van der Waals surface area contributed by atoms with Crippen molar-refractivity contribution in [3.63, 3.8) is 0 Å². The molecule has 126 valence electrons. The van der Waals surface area contributed by atoms with Crippen LogP contribution in [0.4, 0.5) is 4.79 Å². The highest BCUT2D eigenvalue weighted by Crippen LogP contribution is 1.96. The summed E-state index contributed by atoms with van der Waals surface area (Å²) < 4.78 is 0. The highest BCUT2D eigenvalue weighted by atomic mass is 16.2. The zero-order chi connectivity index (χ0) is 16.9. The smallest absolute Gasteiger partial charge is 0.315 e. The molecule has 1 aromatic rings. The van der Waals surface area contributed by atoms with Gasteiger partial charge in [0.25, 0.3) is 0 Å². The van der Waals surface area contributed by atoms with Crippen LogP contribution >= 0.6 is 0 Å². The van der Waals surface area contributed by atoms with E-state index in [2.05, 4.69) is 21.3 Å². The maximum atomic E-state index is 11.6. The molecule has 0 heterocycles. The van der Waals surface area contributed by atoms with Crippen LogP contribution in [0.15, 0.2) is 30.3 Å². The normalized spacial score (nSPS) is 9.78. The highest BCUT2D eigenvalue weighted by Gasteiger charge is 2.06. The van der Waals surface area contributed by atoms with Crippen molar-refractivity contribution in [3.05, 3.63) is 35.9 Å². The van der Waals surface area contributed by atoms with Crippen LogP contribution in [-0.4, -0.2) is 37.5 Å². The van der Waals surface area contributed by atoms with E-state index in [1.165, 1.54) is 0 Å². The van der Waals surface area contributed by atoms with Crippen LogP contribution in [0.1, 0.15) is 25.3 Å². The molecule has 0 unspecified atom stereocenters. The molecule has 1 rings (SSSR count). The van der Waals surface area contributed by atoms with Crippen molar-refractivity contribution in [1.29, 1.82) is 0 Å². The first-order chi connectivity index (χ1) is 11.1. The summed E-state index contributed by atoms with van der Waals surface area (Å²) in [5, 5.41) is 10.5. The third kappa shape index (κ3) is 9.13. The number of urea groups is 1. The third-order valence-electron chi connectivity index (χ3n) is 2.95. The van der Waals surface area contributed by atoms with E-state index in [0.29, 0.717) is 13.1 Å². The topological polar surface area (TPSA) is 99.3 Å². The fourth-order valence-electron chi connectivity index (χ4n) is 1.72. The Labute approximate surface area is 136 Å². The van der Waals surface area contributed by atoms with Crippen LogP contribution in [0.5, 0.6) is 0 Å². The summed E-state index contributed by atoms with van der Waals surface area (Å²) in [7, 11) is 0. The lowest BCUT2D eigenvalue weighted by atomic mass is 10.2. The van der Waals surface area contributed by atoms with E-state index in [9.17, 15) is 14.4 Å². The van der Waals surface area contributed by atoms with Crippen LogP contribution in [-0.2, 0) is 16.1 Å². The van der Waals surface area contributed by atoms with E-state index in [1.807, 2.05) is 37.3 Å². The lowest BCUT2D eigenvalue weighted by molar-refractivity contribution is -0.126. The summed E-state index contributed by atoms with van der Waals surface area (Å²) in [5.41, 5.74) is 0.999. The number of hydrogen-bond acceptors (Lipinski definition) is 3. The SMILES string of the molecule is CCCNC(=O)CNC(=O)CCNC(=O)NCc1ccccc1. The Bertz CT molecular complexity index is 505. The Morgan fingerprint density at radius 3 is 2.30 bits per heavy atom. The van der Waals surface area contributed by atoms with Gasteiger partial charge in [0, 0.05) is 26.1 Å². The second kappa shape index (κ2) is 11.1. The minimum absolute atomic E-state index is 0.0426. The molecule has 4 amide bonds. The summed E-state index contributed by atoms with van der Waals surface area (Å²) in [5.74, 6) is -0.492. The van der Waals surface area contributed by atoms with E-state index in [1.54, 1.807) is 0 Å². The molecule has 0 saturated carbocycles. The van der Waals surface area contributed by atoms with Gasteiger partial charge in [0.15, 0.2) is 0 Å². The predicted molar refractivity (Wildman–Crippen MR) is 87.6 cm³/mol. The van der Waals surface area contributed by atoms with Crippen LogP contribution < -0.4 is 21.3 Å². The third-order valence-corrected chi connectivity index (χ3v) is 2.95. The van der Waals surface area contributed by atoms with Gasteiger partial charge in [-0.25, -0.2) is 4.79 Å². The minimum Gasteiger partial charge on any atom is -0.355 e. The molecular formula is C16H24N4O3. The average molecular weight is 320 g/mol. The van der Waals surface area contributed by atoms with Gasteiger partial charge < -0.3 is 21.3 Å². The molecule has 0 aliphatic heterocycles. The summed E-state index contributed by atoms with van der Waals surface area (Å²) in [6.45, 7) is 3.14. The molecule has 0 bridgehead atoms. The maximum Gasteiger partial charge on any atom is 0.315 e. The van der Waals surface area contributed by atoms with Gasteiger partial charge in [-0.05, 0) is 12.0 Å². The fraction of sp³-hybridized carbons (Fsp3) is 0.438. The van der Waals surface area contributed by atoms with Crippen LogP contribution in [0.2, 0.25) is 0 Å². The van der Waals surface area contributed by atoms with Crippen LogP contribution in [0, 0.1) is 0 Å². The molecule has 0 spiro atoms. The number of carbonyl (C=O) groups is 3. The Kier molecular flexibility index (Phi) is 8.88. The first kappa shape index (κ1) is 18.5. The molecule has 0 fully saturated rings. The Hall–Kier alpha value is -2.57. The van der Waals surface area contributed by atoms with Crippen molar-refractivity contribution in [2.45, 2.75) is 26.3 Å². The van der Waals surface area contributed by atoms with Gasteiger partial charge in [0.05, 0.1) is 6.54 Å². The second-order valence-corrected chi connectivity index (χ2v) is 4.97. The lowest BCUT2D eigenvalue weighted by Gasteiger charge is -2.08. The van der Waals surface area contributed by atoms with Crippen molar-refractivity contribution in [3.8, 4) is 0 Å². The Balaban J connectivity index is 2.07. The van der Waals surface area contributed by atoms with E-state index in [4.69, 9.17) is 0 Å². The lowest BCUT2D eigenvalue weighted by Crippen LogP contribution is -2.40. The van der Waals surface area contributed by atoms with Crippen molar-refractivity contribution in [2.24, 2.45) is 0 Å². The van der Waals surface area contributed by atoms with Crippen LogP contribution in [0.3, 0.4) is 0 Å². The Morgan fingerprint density at radius 2 is 1.61 bits per heavy atom. The molecule has 0 aromatic heterocycles. The fourth-order valence-corrected chi connectivity index (χ4v) is 1.72. The molecule has 4 N–H and O–H groups in total. The van der Waals surface area contributed by atoms with Gasteiger partial charge in [0.2, 0.25) is 11.8 Å². The molecule has 7 heteroatoms. The van der Waals surface area contributed by atoms with E-state index in [0.717, 1.165) is 12.0 Å². The molecule has 0 aliphatic rings. The van der Waals surface area contributed by atoms with Crippen molar-refractivity contribution in [1.82, 2.24) is 21.3 Å². The van der Waals surface area contributed by atoms with Gasteiger partial charge in [-0.2, -0.15) is 0 Å². The monoisotopic (exact) mass is 320 g/mol. The minimum atomic E-state index is -0.331. The van der Waals surface area contributed by atoms with Gasteiger partial charge in [-0.3, -0.25) is 9.59 Å². The molecule has 1 aromatic carbocycles. The number of benzene rings is 1. The second-order valence-electron chi connectivity index (χ2n) is 4.97. The Morgan fingerprint density at radius 1 is 0.870 bits per heavy atom. The predicted octanol–water partition coefficient (Wildman–Crippen LogP) is 0.518. The van der Waals surface area contributed by atoms with E-state index in [-0.39, 0.29) is 37.4 Å². The standard InChI is InChI=1S/C16H24N4O3/c1-2-9-17-15(22)12-19-14(21)8-10-18-16(23)20-11-13-6-4-3-5-7-13/h3-7H,2,8-12H2,1H3,(H,17,22)(H,19,21)(H2,18,20,23). The number of rotatable bonds is 9. The van der Waals surface area contributed by atoms with Gasteiger partial charge in [0.1, 0.15) is 0 Å². The van der Waals surface area contributed by atoms with Crippen LogP contribution in [0.25, 0.3) is 0 Å². The van der Waals surface area contributed by atoms with E-state index >= 15 is 0 Å². The van der Waals surface area contributed by atoms with Crippen molar-refractivity contribution < 1.29 is 14.4 Å². The van der Waals surface area contributed by atoms with Gasteiger partial charge in [-0.1, -0.05) is 37.3 Å². The number of carbonyl (C=O) groups excluding carboxylic acids is 3. The number of nitrogens with one attached hydrogen (secondary N) is 4. The molecule has 7 nitrogen and oxygen atoms in total. The first-order valence-electron chi connectivity index (χ1n) is 7.71. The maximum absolute atomic E-state index is 11.6. The molecule has 0 radical (unpaired) electrons. The van der Waals surface area contributed by atoms with Crippen molar-refractivity contribution >= 4 is 17.8 Å². The highest BCUT2D eigenvalue weighted by molar-refractivity contribution is 5.85. The van der Waals surface area contributed by atoms with Gasteiger partial charge in [-0.15, -0.1) is 0 Å². The summed E-state index contributed by atoms with van der Waals surface area (Å²) in [4.78, 5) is 34.4. The average Bonchev–Trinajstić information content (AvgIpc) is 2.57. The summed E-state index contributed by atoms with van der Waals surface area (Å²) >= 11 is 0. The molecule has 0 aliphatic carbocycles. The zero-order valence-electron chi connectivity index (χ0n) is 13.4. The van der Waals surface area contributed by atoms with E-state index < -0.39 is 0 Å². The zero-order valence-corrected chi connectivity index (χ0v) is 13.4. The molecule has 23 heavy (non-hydrogen) atoms.